The largest absolute Gasteiger partial charge is 0.310 e. The summed E-state index contributed by atoms with van der Waals surface area (Å²) in [6.07, 6.45) is 0. The molecule has 0 spiro atoms. The van der Waals surface area contributed by atoms with E-state index in [1.165, 1.54) is 88.6 Å². The van der Waals surface area contributed by atoms with E-state index >= 15 is 0 Å². The van der Waals surface area contributed by atoms with Gasteiger partial charge in [-0.05, 0) is 122 Å². The van der Waals surface area contributed by atoms with Crippen molar-refractivity contribution in [1.82, 2.24) is 4.57 Å². The van der Waals surface area contributed by atoms with Gasteiger partial charge < -0.3 is 9.47 Å². The minimum Gasteiger partial charge on any atom is -0.310 e. The van der Waals surface area contributed by atoms with E-state index in [1.54, 1.807) is 0 Å². The van der Waals surface area contributed by atoms with E-state index in [2.05, 4.69) is 243 Å². The molecule has 0 fully saturated rings. The molecular weight excluding hydrogens is 749 g/mol. The van der Waals surface area contributed by atoms with Crippen molar-refractivity contribution >= 4 is 38.9 Å². The van der Waals surface area contributed by atoms with Crippen molar-refractivity contribution in [3.63, 3.8) is 0 Å². The second-order valence-corrected chi connectivity index (χ2v) is 18.2. The Labute approximate surface area is 364 Å². The molecular formula is C60H46N2. The van der Waals surface area contributed by atoms with Gasteiger partial charge in [0.1, 0.15) is 0 Å². The lowest BCUT2D eigenvalue weighted by molar-refractivity contribution is 0.660. The molecule has 0 N–H and O–H groups in total. The summed E-state index contributed by atoms with van der Waals surface area (Å²) in [6.45, 7) is 9.49. The number of nitrogens with zero attached hydrogens (tertiary/aromatic N) is 2. The van der Waals surface area contributed by atoms with Gasteiger partial charge >= 0.3 is 0 Å². The minimum absolute atomic E-state index is 0.136. The Hall–Kier alpha value is -7.42. The molecule has 2 aliphatic carbocycles. The smallest absolute Gasteiger partial charge is 0.0541 e. The average molecular weight is 795 g/mol. The van der Waals surface area contributed by atoms with Crippen LogP contribution in [0.25, 0.3) is 72.0 Å². The quantitative estimate of drug-likeness (QED) is 0.163. The first-order valence-corrected chi connectivity index (χ1v) is 21.8. The van der Waals surface area contributed by atoms with Crippen LogP contribution >= 0.6 is 0 Å². The topological polar surface area (TPSA) is 8.17 Å². The highest BCUT2D eigenvalue weighted by Gasteiger charge is 2.38. The number of anilines is 3. The van der Waals surface area contributed by atoms with Crippen LogP contribution in [0.1, 0.15) is 49.9 Å². The summed E-state index contributed by atoms with van der Waals surface area (Å²) < 4.78 is 2.41. The van der Waals surface area contributed by atoms with Crippen LogP contribution in [0.3, 0.4) is 0 Å². The molecule has 0 saturated carbocycles. The minimum atomic E-state index is -0.136. The third-order valence-corrected chi connectivity index (χ3v) is 14.0. The summed E-state index contributed by atoms with van der Waals surface area (Å²) in [5, 5.41) is 2.53. The maximum absolute atomic E-state index is 2.51. The Morgan fingerprint density at radius 1 is 0.339 bits per heavy atom. The van der Waals surface area contributed by atoms with Crippen LogP contribution in [-0.4, -0.2) is 4.57 Å². The monoisotopic (exact) mass is 794 g/mol. The molecule has 62 heavy (non-hydrogen) atoms. The summed E-state index contributed by atoms with van der Waals surface area (Å²) in [5.74, 6) is 0. The Morgan fingerprint density at radius 3 is 1.42 bits per heavy atom. The van der Waals surface area contributed by atoms with Gasteiger partial charge in [-0.2, -0.15) is 0 Å². The van der Waals surface area contributed by atoms with Crippen LogP contribution in [0.15, 0.2) is 206 Å². The molecule has 9 aromatic carbocycles. The van der Waals surface area contributed by atoms with Crippen molar-refractivity contribution in [2.75, 3.05) is 4.90 Å². The molecule has 296 valence electrons. The third-order valence-electron chi connectivity index (χ3n) is 14.0. The van der Waals surface area contributed by atoms with E-state index in [1.807, 2.05) is 0 Å². The van der Waals surface area contributed by atoms with Gasteiger partial charge in [0.2, 0.25) is 0 Å². The first kappa shape index (κ1) is 36.4. The standard InChI is InChI=1S/C60H46N2/c1-59(2)52-25-12-8-21-45(52)47-32-30-43(37-54(47)59)61(44-31-33-48-46-22-9-13-26-53(46)60(3,4)55(48)38-44)58-34-29-41(36-51(58)39-17-6-5-7-18-39)40-19-16-20-42(35-40)62-56-27-14-10-23-49(56)50-24-11-15-28-57(50)62/h5-38H,1-4H3. The van der Waals surface area contributed by atoms with E-state index in [-0.39, 0.29) is 10.8 Å². The summed E-state index contributed by atoms with van der Waals surface area (Å²) in [5.41, 5.74) is 22.2. The van der Waals surface area contributed by atoms with Gasteiger partial charge in [-0.15, -0.1) is 0 Å². The van der Waals surface area contributed by atoms with Crippen molar-refractivity contribution in [3.05, 3.63) is 229 Å². The molecule has 0 amide bonds. The molecule has 2 heteroatoms. The number of rotatable bonds is 6. The average Bonchev–Trinajstić information content (AvgIpc) is 3.86. The lowest BCUT2D eigenvalue weighted by Gasteiger charge is -2.31. The van der Waals surface area contributed by atoms with Crippen molar-refractivity contribution in [1.29, 1.82) is 0 Å². The van der Waals surface area contributed by atoms with Crippen LogP contribution in [0.4, 0.5) is 17.1 Å². The predicted octanol–water partition coefficient (Wildman–Crippen LogP) is 16.2. The maximum atomic E-state index is 2.51. The van der Waals surface area contributed by atoms with Gasteiger partial charge in [0, 0.05) is 44.2 Å². The Bertz CT molecular complexity index is 3260. The van der Waals surface area contributed by atoms with Gasteiger partial charge in [-0.1, -0.05) is 173 Å². The lowest BCUT2D eigenvalue weighted by Crippen LogP contribution is -2.18. The summed E-state index contributed by atoms with van der Waals surface area (Å²) in [6, 6.07) is 76.7. The molecule has 0 saturated heterocycles. The molecule has 0 aliphatic heterocycles. The van der Waals surface area contributed by atoms with E-state index in [4.69, 9.17) is 0 Å². The molecule has 10 aromatic rings. The molecule has 1 aromatic heterocycles. The fraction of sp³-hybridized carbons (Fsp3) is 0.100. The SMILES string of the molecule is CC1(C)c2ccccc2-c2ccc(N(c3ccc4c(c3)C(C)(C)c3ccccc3-4)c3ccc(-c4cccc(-n5c6ccccc6c6ccccc65)c4)cc3-c3ccccc3)cc21. The van der Waals surface area contributed by atoms with Gasteiger partial charge in [-0.3, -0.25) is 0 Å². The zero-order valence-corrected chi connectivity index (χ0v) is 35.5. The second kappa shape index (κ2) is 13.5. The fourth-order valence-electron chi connectivity index (χ4n) is 10.9. The first-order chi connectivity index (χ1) is 30.3. The van der Waals surface area contributed by atoms with Crippen molar-refractivity contribution in [2.24, 2.45) is 0 Å². The van der Waals surface area contributed by atoms with E-state index in [0.717, 1.165) is 22.7 Å². The zero-order valence-electron chi connectivity index (χ0n) is 35.5. The molecule has 0 atom stereocenters. The highest BCUT2D eigenvalue weighted by atomic mass is 15.1. The summed E-state index contributed by atoms with van der Waals surface area (Å²) >= 11 is 0. The number of fused-ring (bicyclic) bond motifs is 9. The Morgan fingerprint density at radius 2 is 0.823 bits per heavy atom. The maximum Gasteiger partial charge on any atom is 0.0541 e. The Balaban J connectivity index is 1.06. The molecule has 2 nitrogen and oxygen atoms in total. The summed E-state index contributed by atoms with van der Waals surface area (Å²) in [7, 11) is 0. The molecule has 1 heterocycles. The molecule has 2 aliphatic rings. The molecule has 0 radical (unpaired) electrons. The molecule has 0 unspecified atom stereocenters. The number of aromatic nitrogens is 1. The van der Waals surface area contributed by atoms with Gasteiger partial charge in [-0.25, -0.2) is 0 Å². The van der Waals surface area contributed by atoms with E-state index < -0.39 is 0 Å². The lowest BCUT2D eigenvalue weighted by atomic mass is 9.82. The summed E-state index contributed by atoms with van der Waals surface area (Å²) in [4.78, 5) is 2.51. The predicted molar refractivity (Wildman–Crippen MR) is 261 cm³/mol. The number of para-hydroxylation sites is 2. The molecule has 0 bridgehead atoms. The highest BCUT2D eigenvalue weighted by Crippen LogP contribution is 2.54. The fourth-order valence-corrected chi connectivity index (χ4v) is 10.9. The van der Waals surface area contributed by atoms with Crippen LogP contribution in [0.2, 0.25) is 0 Å². The number of hydrogen-bond donors (Lipinski definition) is 0. The van der Waals surface area contributed by atoms with Crippen molar-refractivity contribution < 1.29 is 0 Å². The number of benzene rings is 9. The second-order valence-electron chi connectivity index (χ2n) is 18.2. The van der Waals surface area contributed by atoms with Crippen LogP contribution in [0.5, 0.6) is 0 Å². The van der Waals surface area contributed by atoms with E-state index in [0.29, 0.717) is 0 Å². The van der Waals surface area contributed by atoms with Crippen LogP contribution < -0.4 is 4.90 Å². The normalized spacial score (nSPS) is 14.1. The van der Waals surface area contributed by atoms with Gasteiger partial charge in [0.25, 0.3) is 0 Å². The van der Waals surface area contributed by atoms with Crippen molar-refractivity contribution in [2.45, 2.75) is 38.5 Å². The van der Waals surface area contributed by atoms with E-state index in [9.17, 15) is 0 Å². The van der Waals surface area contributed by atoms with Crippen LogP contribution in [0, 0.1) is 0 Å². The number of hydrogen-bond acceptors (Lipinski definition) is 1. The first-order valence-electron chi connectivity index (χ1n) is 21.8. The van der Waals surface area contributed by atoms with Crippen molar-refractivity contribution in [3.8, 4) is 50.2 Å². The van der Waals surface area contributed by atoms with Gasteiger partial charge in [0.05, 0.1) is 16.7 Å². The zero-order chi connectivity index (χ0) is 41.7. The Kier molecular flexibility index (Phi) is 7.96. The molecule has 12 rings (SSSR count). The van der Waals surface area contributed by atoms with Gasteiger partial charge in [0.15, 0.2) is 0 Å². The van der Waals surface area contributed by atoms with Crippen LogP contribution in [-0.2, 0) is 10.8 Å². The third kappa shape index (κ3) is 5.36. The highest BCUT2D eigenvalue weighted by molar-refractivity contribution is 6.09.